The zero-order valence-electron chi connectivity index (χ0n) is 12.1. The number of nitriles is 2. The third kappa shape index (κ3) is 3.39. The maximum Gasteiger partial charge on any atom is 0.324 e. The van der Waals surface area contributed by atoms with Gasteiger partial charge in [0.1, 0.15) is 12.1 Å². The Kier molecular flexibility index (Phi) is 6.03. The Hall–Kier alpha value is -2.93. The van der Waals surface area contributed by atoms with Gasteiger partial charge >= 0.3 is 11.9 Å². The quantitative estimate of drug-likeness (QED) is 0.607. The first-order chi connectivity index (χ1) is 10.5. The first kappa shape index (κ1) is 17.1. The highest BCUT2D eigenvalue weighted by molar-refractivity contribution is 6.01. The number of benzene rings is 1. The Bertz CT molecular complexity index is 655. The molecule has 114 valence electrons. The first-order valence-electron chi connectivity index (χ1n) is 6.47. The highest BCUT2D eigenvalue weighted by Gasteiger charge is 2.35. The molecular weight excluding hydrogens is 291 g/mol. The number of nitrogens with zero attached hydrogens (tertiary/aromatic N) is 2. The van der Waals surface area contributed by atoms with E-state index < -0.39 is 29.2 Å². The smallest absolute Gasteiger partial charge is 0.324 e. The lowest BCUT2D eigenvalue weighted by Crippen LogP contribution is -2.27. The van der Waals surface area contributed by atoms with Gasteiger partial charge in [-0.3, -0.25) is 9.59 Å². The van der Waals surface area contributed by atoms with E-state index in [2.05, 4.69) is 0 Å². The van der Waals surface area contributed by atoms with Crippen molar-refractivity contribution in [3.05, 3.63) is 34.6 Å². The van der Waals surface area contributed by atoms with Crippen LogP contribution in [0.2, 0.25) is 0 Å². The predicted octanol–water partition coefficient (Wildman–Crippen LogP) is 1.78. The number of halogens is 1. The highest BCUT2D eigenvalue weighted by Crippen LogP contribution is 2.26. The molecule has 7 heteroatoms. The average Bonchev–Trinajstić information content (AvgIpc) is 2.48. The minimum atomic E-state index is -1.57. The van der Waals surface area contributed by atoms with E-state index in [4.69, 9.17) is 20.0 Å². The molecule has 0 saturated carbocycles. The summed E-state index contributed by atoms with van der Waals surface area (Å²) in [5.74, 6) is -4.54. The van der Waals surface area contributed by atoms with Gasteiger partial charge in [-0.1, -0.05) is 6.07 Å². The second-order valence-electron chi connectivity index (χ2n) is 4.05. The van der Waals surface area contributed by atoms with Crippen LogP contribution in [-0.4, -0.2) is 25.2 Å². The number of ether oxygens (including phenoxy) is 2. The van der Waals surface area contributed by atoms with Crippen molar-refractivity contribution in [3.63, 3.8) is 0 Å². The van der Waals surface area contributed by atoms with E-state index in [-0.39, 0.29) is 24.3 Å². The van der Waals surface area contributed by atoms with Crippen LogP contribution in [0.3, 0.4) is 0 Å². The summed E-state index contributed by atoms with van der Waals surface area (Å²) in [6.07, 6.45) is 0. The molecule has 0 aliphatic heterocycles. The van der Waals surface area contributed by atoms with Crippen LogP contribution in [0, 0.1) is 28.5 Å². The summed E-state index contributed by atoms with van der Waals surface area (Å²) < 4.78 is 23.6. The third-order valence-electron chi connectivity index (χ3n) is 2.76. The van der Waals surface area contributed by atoms with Gasteiger partial charge in [-0.25, -0.2) is 4.39 Å². The number of hydrogen-bond donors (Lipinski definition) is 0. The third-order valence-corrected chi connectivity index (χ3v) is 2.76. The van der Waals surface area contributed by atoms with Crippen molar-refractivity contribution in [1.29, 1.82) is 10.5 Å². The molecule has 0 aromatic heterocycles. The molecule has 0 atom stereocenters. The van der Waals surface area contributed by atoms with Crippen molar-refractivity contribution >= 4 is 11.9 Å². The van der Waals surface area contributed by atoms with E-state index >= 15 is 0 Å². The molecule has 1 aromatic rings. The number of carbonyl (C=O) groups excluding carboxylic acids is 2. The lowest BCUT2D eigenvalue weighted by Gasteiger charge is -2.16. The van der Waals surface area contributed by atoms with E-state index in [1.807, 2.05) is 0 Å². The molecular formula is C15H13FN2O4. The Balaban J connectivity index is 3.47. The molecule has 0 aliphatic rings. The van der Waals surface area contributed by atoms with Gasteiger partial charge in [-0.2, -0.15) is 10.5 Å². The largest absolute Gasteiger partial charge is 0.465 e. The van der Waals surface area contributed by atoms with E-state index in [9.17, 15) is 14.0 Å². The summed E-state index contributed by atoms with van der Waals surface area (Å²) in [4.78, 5) is 23.9. The summed E-state index contributed by atoms with van der Waals surface area (Å²) >= 11 is 0. The molecule has 0 radical (unpaired) electrons. The van der Waals surface area contributed by atoms with Crippen LogP contribution in [0.15, 0.2) is 12.1 Å². The Labute approximate surface area is 126 Å². The second-order valence-corrected chi connectivity index (χ2v) is 4.05. The van der Waals surface area contributed by atoms with Crippen LogP contribution in [0.5, 0.6) is 0 Å². The molecule has 0 amide bonds. The molecule has 0 fully saturated rings. The molecule has 0 heterocycles. The van der Waals surface area contributed by atoms with Crippen molar-refractivity contribution in [2.75, 3.05) is 13.2 Å². The Morgan fingerprint density at radius 2 is 1.68 bits per heavy atom. The maximum atomic E-state index is 14.0. The molecule has 0 spiro atoms. The zero-order valence-corrected chi connectivity index (χ0v) is 12.1. The Morgan fingerprint density at radius 1 is 1.14 bits per heavy atom. The molecule has 1 rings (SSSR count). The van der Waals surface area contributed by atoms with Gasteiger partial charge < -0.3 is 9.47 Å². The summed E-state index contributed by atoms with van der Waals surface area (Å²) in [5.41, 5.74) is -1.09. The summed E-state index contributed by atoms with van der Waals surface area (Å²) in [5, 5.41) is 17.9. The summed E-state index contributed by atoms with van der Waals surface area (Å²) in [7, 11) is 0. The fourth-order valence-corrected chi connectivity index (χ4v) is 1.83. The van der Waals surface area contributed by atoms with Crippen LogP contribution in [0.4, 0.5) is 4.39 Å². The highest BCUT2D eigenvalue weighted by atomic mass is 19.1. The number of carbonyl (C=O) groups is 2. The average molecular weight is 304 g/mol. The minimum absolute atomic E-state index is 0.00931. The van der Waals surface area contributed by atoms with Gasteiger partial charge in [0.2, 0.25) is 0 Å². The fourth-order valence-electron chi connectivity index (χ4n) is 1.83. The molecule has 0 bridgehead atoms. The van der Waals surface area contributed by atoms with Crippen molar-refractivity contribution in [3.8, 4) is 12.1 Å². The maximum absolute atomic E-state index is 14.0. The van der Waals surface area contributed by atoms with Gasteiger partial charge in [-0.05, 0) is 25.5 Å². The number of esters is 2. The normalized spacial score (nSPS) is 9.73. The van der Waals surface area contributed by atoms with Gasteiger partial charge in [0.25, 0.3) is 0 Å². The van der Waals surface area contributed by atoms with E-state index in [0.29, 0.717) is 0 Å². The van der Waals surface area contributed by atoms with Gasteiger partial charge in [0.05, 0.1) is 24.3 Å². The first-order valence-corrected chi connectivity index (χ1v) is 6.47. The van der Waals surface area contributed by atoms with Crippen LogP contribution < -0.4 is 0 Å². The molecule has 0 aliphatic carbocycles. The topological polar surface area (TPSA) is 100 Å². The van der Waals surface area contributed by atoms with Crippen molar-refractivity contribution in [1.82, 2.24) is 0 Å². The molecule has 6 nitrogen and oxygen atoms in total. The van der Waals surface area contributed by atoms with Crippen molar-refractivity contribution in [2.45, 2.75) is 19.8 Å². The van der Waals surface area contributed by atoms with Crippen LogP contribution >= 0.6 is 0 Å². The fraction of sp³-hybridized carbons (Fsp3) is 0.333. The SMILES string of the molecule is CCOC(=O)C(C(=O)OCC)c1ccc(C#N)c(F)c1C#N. The molecule has 22 heavy (non-hydrogen) atoms. The lowest BCUT2D eigenvalue weighted by atomic mass is 9.92. The van der Waals surface area contributed by atoms with Crippen molar-refractivity contribution < 1.29 is 23.5 Å². The lowest BCUT2D eigenvalue weighted by molar-refractivity contribution is -0.156. The van der Waals surface area contributed by atoms with Crippen molar-refractivity contribution in [2.24, 2.45) is 0 Å². The van der Waals surface area contributed by atoms with E-state index in [1.165, 1.54) is 6.07 Å². The van der Waals surface area contributed by atoms with Gasteiger partial charge in [-0.15, -0.1) is 0 Å². The van der Waals surface area contributed by atoms with Crippen LogP contribution in [-0.2, 0) is 19.1 Å². The van der Waals surface area contributed by atoms with Gasteiger partial charge in [0, 0.05) is 0 Å². The molecule has 0 unspecified atom stereocenters. The van der Waals surface area contributed by atoms with Crippen LogP contribution in [0.25, 0.3) is 0 Å². The minimum Gasteiger partial charge on any atom is -0.465 e. The second kappa shape index (κ2) is 7.75. The van der Waals surface area contributed by atoms with E-state index in [1.54, 1.807) is 26.0 Å². The summed E-state index contributed by atoms with van der Waals surface area (Å²) in [6.45, 7) is 3.11. The molecule has 0 N–H and O–H groups in total. The zero-order chi connectivity index (χ0) is 16.7. The Morgan fingerprint density at radius 3 is 2.09 bits per heavy atom. The summed E-state index contributed by atoms with van der Waals surface area (Å²) in [6, 6.07) is 5.43. The predicted molar refractivity (Wildman–Crippen MR) is 71.8 cm³/mol. The standard InChI is InChI=1S/C15H13FN2O4/c1-3-21-14(19)12(15(20)22-4-2)10-6-5-9(7-17)13(16)11(10)8-18/h5-6,12H,3-4H2,1-2H3. The number of hydrogen-bond acceptors (Lipinski definition) is 6. The van der Waals surface area contributed by atoms with Crippen LogP contribution in [0.1, 0.15) is 36.5 Å². The molecule has 0 saturated heterocycles. The monoisotopic (exact) mass is 304 g/mol. The van der Waals surface area contributed by atoms with Gasteiger partial charge in [0.15, 0.2) is 11.7 Å². The molecule has 1 aromatic carbocycles. The van der Waals surface area contributed by atoms with E-state index in [0.717, 1.165) is 6.07 Å². The number of rotatable bonds is 5.